The van der Waals surface area contributed by atoms with E-state index in [4.69, 9.17) is 10.00 Å². The minimum atomic E-state index is -3.52. The Morgan fingerprint density at radius 3 is 2.36 bits per heavy atom. The van der Waals surface area contributed by atoms with Gasteiger partial charge in [0.2, 0.25) is 15.0 Å². The molecule has 0 N–H and O–H groups in total. The number of sulfone groups is 1. The van der Waals surface area contributed by atoms with E-state index in [1.54, 1.807) is 19.1 Å². The Bertz CT molecular complexity index is 1350. The van der Waals surface area contributed by atoms with Crippen molar-refractivity contribution >= 4 is 25.8 Å². The topological polar surface area (TPSA) is 115 Å². The van der Waals surface area contributed by atoms with Crippen LogP contribution >= 0.6 is 15.9 Å². The van der Waals surface area contributed by atoms with Gasteiger partial charge in [-0.1, -0.05) is 0 Å². The molecule has 0 aliphatic carbocycles. The van der Waals surface area contributed by atoms with Gasteiger partial charge >= 0.3 is 0 Å². The number of aromatic nitrogens is 3. The van der Waals surface area contributed by atoms with Gasteiger partial charge in [0.15, 0.2) is 0 Å². The fraction of sp³-hybridized carbons (Fsp3) is 0.238. The van der Waals surface area contributed by atoms with Crippen molar-refractivity contribution in [1.82, 2.24) is 14.5 Å². The molecule has 0 fully saturated rings. The molecule has 8 nitrogen and oxygen atoms in total. The van der Waals surface area contributed by atoms with Crippen LogP contribution < -0.4 is 10.3 Å². The van der Waals surface area contributed by atoms with E-state index in [0.29, 0.717) is 11.3 Å². The van der Waals surface area contributed by atoms with Crippen LogP contribution in [-0.4, -0.2) is 29.2 Å². The Kier molecular flexibility index (Phi) is 8.78. The van der Waals surface area contributed by atoms with Gasteiger partial charge in [0.05, 0.1) is 12.6 Å². The Morgan fingerprint density at radius 1 is 1.21 bits per heavy atom. The molecule has 12 heteroatoms. The molecule has 33 heavy (non-hydrogen) atoms. The molecule has 0 saturated carbocycles. The highest BCUT2D eigenvalue weighted by atomic mass is 79.9. The maximum absolute atomic E-state index is 13.8. The summed E-state index contributed by atoms with van der Waals surface area (Å²) in [4.78, 5) is 20.4. The minimum Gasteiger partial charge on any atom is -0.487 e. The molecule has 2 aromatic heterocycles. The van der Waals surface area contributed by atoms with E-state index >= 15 is 0 Å². The number of benzene rings is 1. The first-order valence-corrected chi connectivity index (χ1v) is 11.9. The van der Waals surface area contributed by atoms with Crippen molar-refractivity contribution in [2.24, 2.45) is 0 Å². The number of hydrogen-bond acceptors (Lipinski definition) is 7. The lowest BCUT2D eigenvalue weighted by molar-refractivity contribution is 0.295. The summed E-state index contributed by atoms with van der Waals surface area (Å²) in [5.41, 5.74) is 0.816. The summed E-state index contributed by atoms with van der Waals surface area (Å²) in [5, 5.41) is 7.02. The molecule has 1 aromatic carbocycles. The summed E-state index contributed by atoms with van der Waals surface area (Å²) in [5.74, 6) is -1.22. The molecule has 0 radical (unpaired) electrons. The van der Waals surface area contributed by atoms with E-state index in [-0.39, 0.29) is 34.1 Å². The molecule has 3 rings (SSSR count). The van der Waals surface area contributed by atoms with Crippen LogP contribution in [0.4, 0.5) is 8.78 Å². The molecular weight excluding hydrogens is 522 g/mol. The highest BCUT2D eigenvalue weighted by Crippen LogP contribution is 2.24. The standard InChI is InChI=1S/C19H16BrF2N3O4S.C2H3N/c1-11-5-16(29-10-13-3-4-14(21)6-15(13)22)17(20)18(26)25(11)9-12-7-23-19(24-8-12)30(2,27)28;1-2-3/h3-8H,9-10H2,1-2H3;1H3. The van der Waals surface area contributed by atoms with Gasteiger partial charge in [-0.15, -0.1) is 0 Å². The van der Waals surface area contributed by atoms with Crippen molar-refractivity contribution in [3.8, 4) is 11.8 Å². The van der Waals surface area contributed by atoms with Gasteiger partial charge in [-0.25, -0.2) is 27.2 Å². The summed E-state index contributed by atoms with van der Waals surface area (Å²) in [6.07, 6.45) is 3.68. The van der Waals surface area contributed by atoms with Gasteiger partial charge in [0.25, 0.3) is 5.56 Å². The molecule has 0 saturated heterocycles. The first kappa shape index (κ1) is 26.1. The van der Waals surface area contributed by atoms with Crippen LogP contribution in [0.1, 0.15) is 23.7 Å². The van der Waals surface area contributed by atoms with Gasteiger partial charge in [0, 0.05) is 54.5 Å². The second-order valence-corrected chi connectivity index (χ2v) is 9.45. The summed E-state index contributed by atoms with van der Waals surface area (Å²) < 4.78 is 56.8. The molecule has 0 atom stereocenters. The van der Waals surface area contributed by atoms with Crippen molar-refractivity contribution in [1.29, 1.82) is 5.26 Å². The second-order valence-electron chi connectivity index (χ2n) is 6.75. The number of ether oxygens (including phenoxy) is 1. The Hall–Kier alpha value is -3.17. The molecule has 174 valence electrons. The van der Waals surface area contributed by atoms with E-state index in [1.807, 2.05) is 0 Å². The third-order valence-electron chi connectivity index (χ3n) is 4.17. The van der Waals surface area contributed by atoms with Crippen molar-refractivity contribution < 1.29 is 21.9 Å². The third kappa shape index (κ3) is 6.90. The van der Waals surface area contributed by atoms with E-state index in [2.05, 4.69) is 25.9 Å². The maximum Gasteiger partial charge on any atom is 0.269 e. The third-order valence-corrected chi connectivity index (χ3v) is 5.77. The first-order valence-electron chi connectivity index (χ1n) is 9.26. The lowest BCUT2D eigenvalue weighted by atomic mass is 10.2. The van der Waals surface area contributed by atoms with E-state index in [1.165, 1.54) is 30.0 Å². The van der Waals surface area contributed by atoms with Gasteiger partial charge in [0.1, 0.15) is 28.5 Å². The highest BCUT2D eigenvalue weighted by Gasteiger charge is 2.15. The Balaban J connectivity index is 0.00000122. The smallest absolute Gasteiger partial charge is 0.269 e. The number of hydrogen-bond donors (Lipinski definition) is 0. The lowest BCUT2D eigenvalue weighted by Gasteiger charge is -2.15. The number of rotatable bonds is 6. The predicted molar refractivity (Wildman–Crippen MR) is 119 cm³/mol. The van der Waals surface area contributed by atoms with Gasteiger partial charge in [-0.2, -0.15) is 5.26 Å². The van der Waals surface area contributed by atoms with Crippen LogP contribution in [0.2, 0.25) is 0 Å². The van der Waals surface area contributed by atoms with Crippen molar-refractivity contribution in [3.05, 3.63) is 79.9 Å². The largest absolute Gasteiger partial charge is 0.487 e. The van der Waals surface area contributed by atoms with E-state index in [0.717, 1.165) is 18.4 Å². The van der Waals surface area contributed by atoms with Crippen LogP contribution in [0.5, 0.6) is 5.75 Å². The maximum atomic E-state index is 13.8. The normalized spacial score (nSPS) is 10.7. The molecule has 0 unspecified atom stereocenters. The average molecular weight is 541 g/mol. The van der Waals surface area contributed by atoms with Crippen LogP contribution in [0.3, 0.4) is 0 Å². The van der Waals surface area contributed by atoms with Gasteiger partial charge in [-0.05, 0) is 35.0 Å². The SMILES string of the molecule is CC#N.Cc1cc(OCc2ccc(F)cc2F)c(Br)c(=O)n1Cc1cnc(S(C)(=O)=O)nc1. The van der Waals surface area contributed by atoms with Crippen LogP contribution in [0.25, 0.3) is 0 Å². The summed E-state index contributed by atoms with van der Waals surface area (Å²) in [6, 6.07) is 6.50. The molecule has 0 bridgehead atoms. The number of nitriles is 1. The molecule has 0 spiro atoms. The van der Waals surface area contributed by atoms with Crippen molar-refractivity contribution in [2.75, 3.05) is 6.26 Å². The Morgan fingerprint density at radius 2 is 1.82 bits per heavy atom. The van der Waals surface area contributed by atoms with Crippen molar-refractivity contribution in [3.63, 3.8) is 0 Å². The second kappa shape index (κ2) is 11.1. The van der Waals surface area contributed by atoms with Crippen LogP contribution in [0, 0.1) is 29.9 Å². The minimum absolute atomic E-state index is 0.111. The van der Waals surface area contributed by atoms with Crippen LogP contribution in [0.15, 0.2) is 51.1 Å². The number of nitrogens with zero attached hydrogens (tertiary/aromatic N) is 4. The van der Waals surface area contributed by atoms with Crippen LogP contribution in [-0.2, 0) is 23.0 Å². The Labute approximate surface area is 197 Å². The zero-order chi connectivity index (χ0) is 24.8. The number of halogens is 3. The van der Waals surface area contributed by atoms with Gasteiger partial charge < -0.3 is 9.30 Å². The summed E-state index contributed by atoms with van der Waals surface area (Å²) in [6.45, 7) is 3.04. The molecule has 3 aromatic rings. The fourth-order valence-corrected chi connectivity index (χ4v) is 3.54. The summed E-state index contributed by atoms with van der Waals surface area (Å²) in [7, 11) is -3.52. The summed E-state index contributed by atoms with van der Waals surface area (Å²) >= 11 is 3.20. The fourth-order valence-electron chi connectivity index (χ4n) is 2.61. The molecule has 2 heterocycles. The number of pyridine rings is 1. The highest BCUT2D eigenvalue weighted by molar-refractivity contribution is 9.10. The lowest BCUT2D eigenvalue weighted by Crippen LogP contribution is -2.24. The molecule has 0 amide bonds. The molecular formula is C21H19BrF2N4O4S. The molecule has 0 aliphatic heterocycles. The average Bonchev–Trinajstić information content (AvgIpc) is 2.74. The first-order chi connectivity index (χ1) is 15.5. The zero-order valence-corrected chi connectivity index (χ0v) is 20.2. The van der Waals surface area contributed by atoms with Gasteiger partial charge in [-0.3, -0.25) is 4.79 Å². The van der Waals surface area contributed by atoms with E-state index < -0.39 is 27.0 Å². The zero-order valence-electron chi connectivity index (χ0n) is 17.8. The monoisotopic (exact) mass is 540 g/mol. The molecule has 0 aliphatic rings. The quantitative estimate of drug-likeness (QED) is 0.439. The predicted octanol–water partition coefficient (Wildman–Crippen LogP) is 3.55. The van der Waals surface area contributed by atoms with Crippen molar-refractivity contribution in [2.45, 2.75) is 32.2 Å². The van der Waals surface area contributed by atoms with E-state index in [9.17, 15) is 22.0 Å². The number of aryl methyl sites for hydroxylation is 1.